The summed E-state index contributed by atoms with van der Waals surface area (Å²) in [7, 11) is 0. The van der Waals surface area contributed by atoms with Gasteiger partial charge in [-0.15, -0.1) is 0 Å². The predicted molar refractivity (Wildman–Crippen MR) is 106 cm³/mol. The molecule has 128 valence electrons. The number of hydrogen-bond acceptors (Lipinski definition) is 2. The first-order valence-electron chi connectivity index (χ1n) is 8.71. The van der Waals surface area contributed by atoms with Gasteiger partial charge in [-0.1, -0.05) is 91.0 Å². The van der Waals surface area contributed by atoms with Crippen LogP contribution in [0.1, 0.15) is 17.5 Å². The molecule has 1 aliphatic rings. The lowest BCUT2D eigenvalue weighted by molar-refractivity contribution is -0.113. The Morgan fingerprint density at radius 3 is 1.81 bits per heavy atom. The lowest BCUT2D eigenvalue weighted by Crippen LogP contribution is -2.27. The molecule has 0 fully saturated rings. The van der Waals surface area contributed by atoms with E-state index in [1.54, 1.807) is 0 Å². The Morgan fingerprint density at radius 2 is 1.15 bits per heavy atom. The van der Waals surface area contributed by atoms with E-state index in [2.05, 4.69) is 24.3 Å². The summed E-state index contributed by atoms with van der Waals surface area (Å²) in [4.78, 5) is 0. The normalized spacial score (nSPS) is 15.9. The molecule has 0 radical (unpaired) electrons. The predicted octanol–water partition coefficient (Wildman–Crippen LogP) is 4.91. The standard InChI is InChI=1S/C24H20O2/c25-24(26)16-15-22(23(17-24)19-11-5-2-6-12-19)21-14-8-7-13-20(21)18-9-3-1-4-10-18/h1-16,25-26H,17H2. The summed E-state index contributed by atoms with van der Waals surface area (Å²) in [5.41, 5.74) is 6.31. The van der Waals surface area contributed by atoms with Gasteiger partial charge in [0.1, 0.15) is 0 Å². The van der Waals surface area contributed by atoms with Gasteiger partial charge in [-0.2, -0.15) is 0 Å². The Hall–Kier alpha value is -2.94. The van der Waals surface area contributed by atoms with Gasteiger partial charge in [-0.05, 0) is 39.5 Å². The molecule has 0 atom stereocenters. The molecule has 0 spiro atoms. The molecule has 0 bridgehead atoms. The second-order valence-electron chi connectivity index (χ2n) is 6.56. The van der Waals surface area contributed by atoms with Crippen LogP contribution in [0.4, 0.5) is 0 Å². The van der Waals surface area contributed by atoms with Crippen molar-refractivity contribution < 1.29 is 10.2 Å². The molecule has 0 aromatic heterocycles. The van der Waals surface area contributed by atoms with Gasteiger partial charge in [0.15, 0.2) is 5.79 Å². The molecule has 0 heterocycles. The van der Waals surface area contributed by atoms with Crippen LogP contribution < -0.4 is 0 Å². The maximum atomic E-state index is 10.2. The van der Waals surface area contributed by atoms with E-state index in [1.807, 2.05) is 66.7 Å². The maximum Gasteiger partial charge on any atom is 0.187 e. The number of benzene rings is 3. The van der Waals surface area contributed by atoms with Crippen molar-refractivity contribution in [2.45, 2.75) is 12.2 Å². The van der Waals surface area contributed by atoms with Gasteiger partial charge < -0.3 is 10.2 Å². The summed E-state index contributed by atoms with van der Waals surface area (Å²) >= 11 is 0. The van der Waals surface area contributed by atoms with Crippen LogP contribution in [0, 0.1) is 0 Å². The fourth-order valence-electron chi connectivity index (χ4n) is 3.47. The molecule has 3 aromatic carbocycles. The minimum atomic E-state index is -1.82. The van der Waals surface area contributed by atoms with Gasteiger partial charge in [0.2, 0.25) is 0 Å². The molecular formula is C24H20O2. The Bertz CT molecular complexity index is 967. The van der Waals surface area contributed by atoms with Crippen LogP contribution in [0.2, 0.25) is 0 Å². The molecule has 4 rings (SSSR count). The Morgan fingerprint density at radius 1 is 0.615 bits per heavy atom. The van der Waals surface area contributed by atoms with Crippen LogP contribution in [0.5, 0.6) is 0 Å². The average Bonchev–Trinajstić information content (AvgIpc) is 2.69. The lowest BCUT2D eigenvalue weighted by Gasteiger charge is -2.27. The lowest BCUT2D eigenvalue weighted by atomic mass is 9.83. The van der Waals surface area contributed by atoms with Gasteiger partial charge >= 0.3 is 0 Å². The minimum Gasteiger partial charge on any atom is -0.362 e. The molecule has 2 nitrogen and oxygen atoms in total. The van der Waals surface area contributed by atoms with Crippen molar-refractivity contribution in [2.24, 2.45) is 0 Å². The van der Waals surface area contributed by atoms with Crippen LogP contribution in [0.3, 0.4) is 0 Å². The Kier molecular flexibility index (Phi) is 4.29. The van der Waals surface area contributed by atoms with Crippen molar-refractivity contribution in [1.82, 2.24) is 0 Å². The largest absolute Gasteiger partial charge is 0.362 e. The summed E-state index contributed by atoms with van der Waals surface area (Å²) in [6.45, 7) is 0. The number of aliphatic hydroxyl groups is 2. The van der Waals surface area contributed by atoms with Crippen molar-refractivity contribution in [1.29, 1.82) is 0 Å². The van der Waals surface area contributed by atoms with Gasteiger partial charge in [0.25, 0.3) is 0 Å². The average molecular weight is 340 g/mol. The van der Waals surface area contributed by atoms with Crippen LogP contribution >= 0.6 is 0 Å². The van der Waals surface area contributed by atoms with E-state index in [9.17, 15) is 10.2 Å². The van der Waals surface area contributed by atoms with Crippen molar-refractivity contribution in [3.8, 4) is 11.1 Å². The Labute approximate surface area is 153 Å². The van der Waals surface area contributed by atoms with Crippen LogP contribution in [-0.4, -0.2) is 16.0 Å². The molecule has 1 aliphatic carbocycles. The van der Waals surface area contributed by atoms with E-state index >= 15 is 0 Å². The fourth-order valence-corrected chi connectivity index (χ4v) is 3.47. The summed E-state index contributed by atoms with van der Waals surface area (Å²) in [6.07, 6.45) is 3.45. The van der Waals surface area contributed by atoms with Crippen molar-refractivity contribution in [2.75, 3.05) is 0 Å². The van der Waals surface area contributed by atoms with Crippen molar-refractivity contribution in [3.63, 3.8) is 0 Å². The third-order valence-corrected chi connectivity index (χ3v) is 4.70. The second kappa shape index (κ2) is 6.75. The number of allylic oxidation sites excluding steroid dienone is 2. The van der Waals surface area contributed by atoms with Crippen LogP contribution in [-0.2, 0) is 0 Å². The van der Waals surface area contributed by atoms with E-state index in [0.717, 1.165) is 33.4 Å². The molecule has 0 saturated heterocycles. The van der Waals surface area contributed by atoms with Crippen molar-refractivity contribution in [3.05, 3.63) is 108 Å². The minimum absolute atomic E-state index is 0.159. The summed E-state index contributed by atoms with van der Waals surface area (Å²) in [5.74, 6) is -1.82. The zero-order chi connectivity index (χ0) is 18.0. The zero-order valence-electron chi connectivity index (χ0n) is 14.3. The molecule has 0 saturated carbocycles. The molecule has 0 aliphatic heterocycles. The highest BCUT2D eigenvalue weighted by atomic mass is 16.5. The maximum absolute atomic E-state index is 10.2. The molecular weight excluding hydrogens is 320 g/mol. The van der Waals surface area contributed by atoms with Crippen LogP contribution in [0.25, 0.3) is 22.3 Å². The van der Waals surface area contributed by atoms with E-state index in [0.29, 0.717) is 0 Å². The monoisotopic (exact) mass is 340 g/mol. The Balaban J connectivity index is 1.93. The van der Waals surface area contributed by atoms with E-state index < -0.39 is 5.79 Å². The first-order valence-corrected chi connectivity index (χ1v) is 8.71. The van der Waals surface area contributed by atoms with Gasteiger partial charge in [0.05, 0.1) is 0 Å². The topological polar surface area (TPSA) is 40.5 Å². The van der Waals surface area contributed by atoms with Gasteiger partial charge in [-0.25, -0.2) is 0 Å². The van der Waals surface area contributed by atoms with E-state index in [4.69, 9.17) is 0 Å². The number of hydrogen-bond donors (Lipinski definition) is 2. The van der Waals surface area contributed by atoms with Crippen LogP contribution in [0.15, 0.2) is 97.1 Å². The smallest absolute Gasteiger partial charge is 0.187 e. The molecule has 0 amide bonds. The van der Waals surface area contributed by atoms with E-state index in [1.165, 1.54) is 6.08 Å². The highest BCUT2D eigenvalue weighted by Gasteiger charge is 2.28. The molecule has 2 N–H and O–H groups in total. The van der Waals surface area contributed by atoms with Crippen molar-refractivity contribution >= 4 is 11.1 Å². The fraction of sp³-hybridized carbons (Fsp3) is 0.0833. The van der Waals surface area contributed by atoms with Gasteiger partial charge in [0, 0.05) is 6.42 Å². The molecule has 3 aromatic rings. The quantitative estimate of drug-likeness (QED) is 0.666. The summed E-state index contributed by atoms with van der Waals surface area (Å²) in [5, 5.41) is 20.4. The second-order valence-corrected chi connectivity index (χ2v) is 6.56. The molecule has 2 heteroatoms. The molecule has 26 heavy (non-hydrogen) atoms. The SMILES string of the molecule is OC1(O)C=CC(c2ccccc2-c2ccccc2)=C(c2ccccc2)C1. The summed E-state index contributed by atoms with van der Waals surface area (Å²) in [6, 6.07) is 28.4. The highest BCUT2D eigenvalue weighted by Crippen LogP contribution is 2.40. The first-order chi connectivity index (χ1) is 12.6. The highest BCUT2D eigenvalue weighted by molar-refractivity contribution is 6.00. The van der Waals surface area contributed by atoms with Gasteiger partial charge in [-0.3, -0.25) is 0 Å². The zero-order valence-corrected chi connectivity index (χ0v) is 14.3. The third-order valence-electron chi connectivity index (χ3n) is 4.70. The molecule has 0 unspecified atom stereocenters. The third kappa shape index (κ3) is 3.25. The summed E-state index contributed by atoms with van der Waals surface area (Å²) < 4.78 is 0. The number of rotatable bonds is 3. The van der Waals surface area contributed by atoms with E-state index in [-0.39, 0.29) is 6.42 Å². The first kappa shape index (κ1) is 16.5.